The Balaban J connectivity index is 2.75. The molecule has 0 heterocycles. The van der Waals surface area contributed by atoms with Gasteiger partial charge in [0.2, 0.25) is 0 Å². The summed E-state index contributed by atoms with van der Waals surface area (Å²) in [6, 6.07) is 4.15. The van der Waals surface area contributed by atoms with E-state index in [0.29, 0.717) is 11.3 Å². The fourth-order valence-corrected chi connectivity index (χ4v) is 1.06. The van der Waals surface area contributed by atoms with Gasteiger partial charge in [0, 0.05) is 12.1 Å². The van der Waals surface area contributed by atoms with Crippen molar-refractivity contribution in [2.75, 3.05) is 6.61 Å². The van der Waals surface area contributed by atoms with Crippen LogP contribution in [0, 0.1) is 5.82 Å². The molecule has 0 fully saturated rings. The van der Waals surface area contributed by atoms with E-state index in [1.165, 1.54) is 18.2 Å². The van der Waals surface area contributed by atoms with Crippen LogP contribution in [0.15, 0.2) is 18.2 Å². The van der Waals surface area contributed by atoms with Crippen molar-refractivity contribution in [3.63, 3.8) is 0 Å². The molecular weight excluding hydrogens is 185 g/mol. The average molecular weight is 199 g/mol. The second-order valence-corrected chi connectivity index (χ2v) is 3.12. The molecule has 1 unspecified atom stereocenters. The average Bonchev–Trinajstić information content (AvgIpc) is 2.15. The van der Waals surface area contributed by atoms with Crippen molar-refractivity contribution in [3.05, 3.63) is 29.6 Å². The molecule has 3 N–H and O–H groups in total. The highest BCUT2D eigenvalue weighted by Gasteiger charge is 2.05. The minimum Gasteiger partial charge on any atom is -0.491 e. The fraction of sp³-hybridized carbons (Fsp3) is 0.400. The van der Waals surface area contributed by atoms with Gasteiger partial charge in [0.25, 0.3) is 0 Å². The van der Waals surface area contributed by atoms with Gasteiger partial charge in [0.1, 0.15) is 18.2 Å². The number of halogens is 1. The standard InChI is InChI=1S/C10H14FNO2/c1-7(13)6-14-10-3-2-9(11)4-8(10)5-12/h2-4,7,13H,5-6,12H2,1H3. The molecule has 1 aromatic rings. The Bertz CT molecular complexity index is 302. The lowest BCUT2D eigenvalue weighted by Gasteiger charge is -2.11. The smallest absolute Gasteiger partial charge is 0.124 e. The molecular formula is C10H14FNO2. The van der Waals surface area contributed by atoms with Crippen LogP contribution >= 0.6 is 0 Å². The van der Waals surface area contributed by atoms with E-state index in [2.05, 4.69) is 0 Å². The first-order valence-corrected chi connectivity index (χ1v) is 4.43. The van der Waals surface area contributed by atoms with Gasteiger partial charge in [-0.3, -0.25) is 0 Å². The molecule has 0 radical (unpaired) electrons. The molecule has 0 aliphatic rings. The zero-order chi connectivity index (χ0) is 10.6. The summed E-state index contributed by atoms with van der Waals surface area (Å²) in [4.78, 5) is 0. The maximum Gasteiger partial charge on any atom is 0.124 e. The molecule has 1 rings (SSSR count). The van der Waals surface area contributed by atoms with E-state index in [-0.39, 0.29) is 19.0 Å². The Morgan fingerprint density at radius 3 is 2.86 bits per heavy atom. The van der Waals surface area contributed by atoms with Crippen molar-refractivity contribution < 1.29 is 14.2 Å². The zero-order valence-corrected chi connectivity index (χ0v) is 8.03. The van der Waals surface area contributed by atoms with Gasteiger partial charge in [0.05, 0.1) is 6.10 Å². The minimum absolute atomic E-state index is 0.179. The van der Waals surface area contributed by atoms with E-state index in [4.69, 9.17) is 15.6 Å². The lowest BCUT2D eigenvalue weighted by atomic mass is 10.2. The Morgan fingerprint density at radius 1 is 1.57 bits per heavy atom. The van der Waals surface area contributed by atoms with E-state index >= 15 is 0 Å². The highest BCUT2D eigenvalue weighted by atomic mass is 19.1. The molecule has 0 amide bonds. The third-order valence-corrected chi connectivity index (χ3v) is 1.72. The van der Waals surface area contributed by atoms with Gasteiger partial charge in [-0.15, -0.1) is 0 Å². The van der Waals surface area contributed by atoms with Gasteiger partial charge >= 0.3 is 0 Å². The molecule has 1 aromatic carbocycles. The zero-order valence-electron chi connectivity index (χ0n) is 8.03. The van der Waals surface area contributed by atoms with Gasteiger partial charge in [-0.2, -0.15) is 0 Å². The molecule has 1 atom stereocenters. The first kappa shape index (κ1) is 10.9. The van der Waals surface area contributed by atoms with Crippen molar-refractivity contribution in [1.29, 1.82) is 0 Å². The molecule has 3 nitrogen and oxygen atoms in total. The summed E-state index contributed by atoms with van der Waals surface area (Å²) in [6.07, 6.45) is -0.550. The van der Waals surface area contributed by atoms with Crippen LogP contribution in [0.3, 0.4) is 0 Å². The number of hydrogen-bond acceptors (Lipinski definition) is 3. The Labute approximate surface area is 82.3 Å². The summed E-state index contributed by atoms with van der Waals surface area (Å²) in [7, 11) is 0. The third-order valence-electron chi connectivity index (χ3n) is 1.72. The predicted molar refractivity (Wildman–Crippen MR) is 51.5 cm³/mol. The first-order chi connectivity index (χ1) is 6.63. The molecule has 14 heavy (non-hydrogen) atoms. The van der Waals surface area contributed by atoms with Crippen LogP contribution in [0.5, 0.6) is 5.75 Å². The van der Waals surface area contributed by atoms with Crippen molar-refractivity contribution in [1.82, 2.24) is 0 Å². The van der Waals surface area contributed by atoms with Crippen LogP contribution in [0.25, 0.3) is 0 Å². The number of aliphatic hydroxyl groups is 1. The molecule has 0 aliphatic carbocycles. The predicted octanol–water partition coefficient (Wildman–Crippen LogP) is 1.04. The van der Waals surface area contributed by atoms with Crippen molar-refractivity contribution >= 4 is 0 Å². The summed E-state index contributed by atoms with van der Waals surface area (Å²) in [5, 5.41) is 9.00. The summed E-state index contributed by atoms with van der Waals surface area (Å²) in [6.45, 7) is 2.01. The van der Waals surface area contributed by atoms with Crippen LogP contribution in [0.4, 0.5) is 4.39 Å². The van der Waals surface area contributed by atoms with Crippen LogP contribution < -0.4 is 10.5 Å². The number of hydrogen-bond donors (Lipinski definition) is 2. The van der Waals surface area contributed by atoms with E-state index in [9.17, 15) is 4.39 Å². The lowest BCUT2D eigenvalue weighted by molar-refractivity contribution is 0.122. The monoisotopic (exact) mass is 199 g/mol. The molecule has 0 aromatic heterocycles. The normalized spacial score (nSPS) is 12.6. The fourth-order valence-electron chi connectivity index (χ4n) is 1.06. The second-order valence-electron chi connectivity index (χ2n) is 3.12. The van der Waals surface area contributed by atoms with Gasteiger partial charge in [0.15, 0.2) is 0 Å². The first-order valence-electron chi connectivity index (χ1n) is 4.43. The quantitative estimate of drug-likeness (QED) is 0.761. The van der Waals surface area contributed by atoms with Crippen LogP contribution in [0.1, 0.15) is 12.5 Å². The summed E-state index contributed by atoms with van der Waals surface area (Å²) in [5.41, 5.74) is 6.02. The van der Waals surface area contributed by atoms with E-state index in [0.717, 1.165) is 0 Å². The van der Waals surface area contributed by atoms with E-state index in [1.807, 2.05) is 0 Å². The van der Waals surface area contributed by atoms with Crippen LogP contribution in [-0.2, 0) is 6.54 Å². The third kappa shape index (κ3) is 2.97. The molecule has 4 heteroatoms. The SMILES string of the molecule is CC(O)COc1ccc(F)cc1CN. The number of aliphatic hydroxyl groups excluding tert-OH is 1. The van der Waals surface area contributed by atoms with Crippen molar-refractivity contribution in [2.45, 2.75) is 19.6 Å². The highest BCUT2D eigenvalue weighted by molar-refractivity contribution is 5.33. The number of benzene rings is 1. The molecule has 0 aliphatic heterocycles. The largest absolute Gasteiger partial charge is 0.491 e. The Morgan fingerprint density at radius 2 is 2.29 bits per heavy atom. The maximum atomic E-state index is 12.8. The van der Waals surface area contributed by atoms with E-state index in [1.54, 1.807) is 6.92 Å². The van der Waals surface area contributed by atoms with Gasteiger partial charge in [-0.25, -0.2) is 4.39 Å². The summed E-state index contributed by atoms with van der Waals surface area (Å²) >= 11 is 0. The van der Waals surface area contributed by atoms with Crippen molar-refractivity contribution in [2.24, 2.45) is 5.73 Å². The van der Waals surface area contributed by atoms with Gasteiger partial charge < -0.3 is 15.6 Å². The minimum atomic E-state index is -0.550. The van der Waals surface area contributed by atoms with Crippen molar-refractivity contribution in [3.8, 4) is 5.75 Å². The summed E-state index contributed by atoms with van der Waals surface area (Å²) < 4.78 is 18.0. The molecule has 0 spiro atoms. The Kier molecular flexibility index (Phi) is 3.85. The highest BCUT2D eigenvalue weighted by Crippen LogP contribution is 2.19. The summed E-state index contributed by atoms with van der Waals surface area (Å²) in [5.74, 6) is 0.185. The molecule has 0 saturated heterocycles. The topological polar surface area (TPSA) is 55.5 Å². The second kappa shape index (κ2) is 4.93. The molecule has 0 saturated carbocycles. The maximum absolute atomic E-state index is 12.8. The molecule has 0 bridgehead atoms. The van der Waals surface area contributed by atoms with Gasteiger partial charge in [-0.05, 0) is 25.1 Å². The molecule has 78 valence electrons. The number of nitrogens with two attached hydrogens (primary N) is 1. The van der Waals surface area contributed by atoms with Crippen LogP contribution in [0.2, 0.25) is 0 Å². The number of rotatable bonds is 4. The number of ether oxygens (including phenoxy) is 1. The van der Waals surface area contributed by atoms with Crippen LogP contribution in [-0.4, -0.2) is 17.8 Å². The van der Waals surface area contributed by atoms with E-state index < -0.39 is 6.10 Å². The van der Waals surface area contributed by atoms with Gasteiger partial charge in [-0.1, -0.05) is 0 Å². The lowest BCUT2D eigenvalue weighted by Crippen LogP contribution is -2.14. The Hall–Kier alpha value is -1.13.